The van der Waals surface area contributed by atoms with Crippen molar-refractivity contribution in [2.45, 2.75) is 114 Å². The zero-order valence-corrected chi connectivity index (χ0v) is 41.3. The van der Waals surface area contributed by atoms with Crippen LogP contribution in [0.2, 0.25) is 0 Å². The largest absolute Gasteiger partial charge is 0.489 e. The van der Waals surface area contributed by atoms with Crippen LogP contribution in [0.3, 0.4) is 0 Å². The zero-order chi connectivity index (χ0) is 50.0. The molecule has 2 aliphatic carbocycles. The molecule has 2 saturated carbocycles. The molecule has 3 aliphatic heterocycles. The molecule has 19 heteroatoms. The molecule has 2 saturated heterocycles. The lowest BCUT2D eigenvalue weighted by Gasteiger charge is -2.58. The number of carbonyl (C=O) groups is 2. The van der Waals surface area contributed by atoms with E-state index in [1.165, 1.54) is 35.7 Å². The number of aliphatic hydroxyl groups is 1. The first kappa shape index (κ1) is 48.3. The van der Waals surface area contributed by atoms with Gasteiger partial charge < -0.3 is 34.7 Å². The SMILES string of the molecule is CC(=O)N1CCN(C2CC3(CCN(c4ccc(C(=O)NS(=O)(=O)c5cc6c(c([N+](=O)[O-])c5)N[C@@H](C5CCC(C)(O)CC5)CO6)c(Oc5cnc6[nH]cc(F)c6c5)c4)CC3)C2)[C@H](c2ccccc2C(C)C)C1. The first-order chi connectivity index (χ1) is 33.9. The minimum atomic E-state index is -4.74. The summed E-state index contributed by atoms with van der Waals surface area (Å²) in [6.45, 7) is 11.6. The van der Waals surface area contributed by atoms with Crippen LogP contribution in [0.15, 0.2) is 78.0 Å². The summed E-state index contributed by atoms with van der Waals surface area (Å²) in [6, 6.07) is 17.2. The summed E-state index contributed by atoms with van der Waals surface area (Å²) >= 11 is 0. The number of aromatic amines is 1. The highest BCUT2D eigenvalue weighted by molar-refractivity contribution is 7.90. The normalized spacial score (nSPS) is 23.7. The molecule has 71 heavy (non-hydrogen) atoms. The summed E-state index contributed by atoms with van der Waals surface area (Å²) in [4.78, 5) is 51.8. The van der Waals surface area contributed by atoms with Gasteiger partial charge in [0.25, 0.3) is 21.6 Å². The first-order valence-electron chi connectivity index (χ1n) is 24.7. The number of rotatable bonds is 11. The number of hydrogen-bond acceptors (Lipinski definition) is 13. The smallest absolute Gasteiger partial charge is 0.297 e. The van der Waals surface area contributed by atoms with E-state index in [9.17, 15) is 37.6 Å². The number of piperidine rings is 1. The summed E-state index contributed by atoms with van der Waals surface area (Å²) < 4.78 is 57.0. The van der Waals surface area contributed by atoms with Crippen molar-refractivity contribution >= 4 is 49.9 Å². The molecule has 2 amide bonds. The Kier molecular flexibility index (Phi) is 12.7. The molecule has 376 valence electrons. The van der Waals surface area contributed by atoms with Crippen LogP contribution in [-0.2, 0) is 14.8 Å². The molecule has 1 spiro atoms. The number of carbonyl (C=O) groups excluding carboxylic acids is 2. The van der Waals surface area contributed by atoms with Gasteiger partial charge in [0, 0.05) is 75.8 Å². The molecule has 0 radical (unpaired) electrons. The number of fused-ring (bicyclic) bond motifs is 2. The van der Waals surface area contributed by atoms with E-state index >= 15 is 0 Å². The lowest BCUT2D eigenvalue weighted by atomic mass is 9.59. The lowest BCUT2D eigenvalue weighted by Crippen LogP contribution is -2.60. The van der Waals surface area contributed by atoms with Gasteiger partial charge in [-0.2, -0.15) is 0 Å². The number of aromatic nitrogens is 2. The quantitative estimate of drug-likeness (QED) is 0.0724. The molecule has 10 rings (SSSR count). The number of hydrogen-bond donors (Lipinski definition) is 4. The maximum Gasteiger partial charge on any atom is 0.297 e. The van der Waals surface area contributed by atoms with Crippen LogP contribution in [0.1, 0.15) is 113 Å². The molecule has 2 atom stereocenters. The van der Waals surface area contributed by atoms with Crippen LogP contribution in [0, 0.1) is 27.3 Å². The number of H-pyrrole nitrogens is 1. The van der Waals surface area contributed by atoms with Crippen molar-refractivity contribution in [2.24, 2.45) is 11.3 Å². The number of anilines is 2. The van der Waals surface area contributed by atoms with Gasteiger partial charge in [0.15, 0.2) is 11.4 Å². The summed E-state index contributed by atoms with van der Waals surface area (Å²) in [5.41, 5.74) is 2.39. The fourth-order valence-electron chi connectivity index (χ4n) is 11.8. The van der Waals surface area contributed by atoms with Gasteiger partial charge in [-0.25, -0.2) is 22.5 Å². The number of benzene rings is 3. The van der Waals surface area contributed by atoms with Gasteiger partial charge in [-0.05, 0) is 105 Å². The number of piperazine rings is 1. The Morgan fingerprint density at radius 2 is 1.77 bits per heavy atom. The summed E-state index contributed by atoms with van der Waals surface area (Å²) in [6.07, 6.45) is 9.05. The number of nitrogens with zero attached hydrogens (tertiary/aromatic N) is 5. The van der Waals surface area contributed by atoms with Gasteiger partial charge in [-0.15, -0.1) is 0 Å². The molecule has 5 aliphatic rings. The van der Waals surface area contributed by atoms with E-state index in [0.717, 1.165) is 63.1 Å². The van der Waals surface area contributed by atoms with Crippen molar-refractivity contribution in [3.05, 3.63) is 106 Å². The van der Waals surface area contributed by atoms with Crippen LogP contribution in [0.5, 0.6) is 17.2 Å². The van der Waals surface area contributed by atoms with Gasteiger partial charge in [0.05, 0.1) is 44.7 Å². The van der Waals surface area contributed by atoms with Crippen LogP contribution < -0.4 is 24.4 Å². The molecule has 4 fully saturated rings. The van der Waals surface area contributed by atoms with E-state index in [1.54, 1.807) is 26.0 Å². The minimum Gasteiger partial charge on any atom is -0.489 e. The summed E-state index contributed by atoms with van der Waals surface area (Å²) in [7, 11) is -4.74. The predicted octanol–water partition coefficient (Wildman–Crippen LogP) is 8.41. The third kappa shape index (κ3) is 9.63. The van der Waals surface area contributed by atoms with Crippen LogP contribution in [0.4, 0.5) is 21.5 Å². The Morgan fingerprint density at radius 3 is 2.49 bits per heavy atom. The maximum absolute atomic E-state index is 14.7. The second-order valence-electron chi connectivity index (χ2n) is 20.9. The second kappa shape index (κ2) is 18.7. The van der Waals surface area contributed by atoms with E-state index in [1.807, 2.05) is 4.90 Å². The highest BCUT2D eigenvalue weighted by Gasteiger charge is 2.50. The first-order valence-corrected chi connectivity index (χ1v) is 26.2. The number of pyridine rings is 1. The topological polar surface area (TPSA) is 213 Å². The number of nitro benzene ring substituents is 1. The van der Waals surface area contributed by atoms with Crippen molar-refractivity contribution in [1.29, 1.82) is 0 Å². The number of sulfonamides is 1. The molecule has 17 nitrogen and oxygen atoms in total. The van der Waals surface area contributed by atoms with E-state index in [-0.39, 0.29) is 69.8 Å². The van der Waals surface area contributed by atoms with Gasteiger partial charge in [0.2, 0.25) is 5.91 Å². The number of nitro groups is 1. The Morgan fingerprint density at radius 1 is 1.03 bits per heavy atom. The third-order valence-electron chi connectivity index (χ3n) is 15.9. The molecule has 5 heterocycles. The van der Waals surface area contributed by atoms with Crippen molar-refractivity contribution in [3.8, 4) is 17.2 Å². The molecule has 4 N–H and O–H groups in total. The van der Waals surface area contributed by atoms with Crippen LogP contribution >= 0.6 is 0 Å². The Balaban J connectivity index is 0.865. The van der Waals surface area contributed by atoms with Gasteiger partial charge in [0.1, 0.15) is 29.6 Å². The van der Waals surface area contributed by atoms with E-state index in [4.69, 9.17) is 9.47 Å². The molecule has 0 unspecified atom stereocenters. The van der Waals surface area contributed by atoms with Crippen LogP contribution in [-0.4, -0.2) is 107 Å². The van der Waals surface area contributed by atoms with E-state index in [2.05, 4.69) is 67.9 Å². The number of halogens is 1. The number of ether oxygens (including phenoxy) is 2. The Hall–Kier alpha value is -6.31. The minimum absolute atomic E-state index is 0.00654. The average molecular weight is 993 g/mol. The number of amides is 2. The standard InChI is InChI=1S/C52H61FN8O9S/c1-31(2)38-7-5-6-8-39(38)45-29-59(32(3)62)19-20-60(45)35-25-52(26-35)15-17-58(18-16-52)34-9-10-40(46(21-34)70-36-22-41-42(53)28-55-49(41)54-27-36)50(63)57-71(67,68)37-23-44(61(65)66)48-47(24-37)69-30-43(56-48)33-11-13-51(4,64)14-12-33/h5-10,21-24,27-28,31,33,35,43,45,56,64H,11-20,25-26,29-30H2,1-4H3,(H,54,55)(H,57,63)/t33?,43-,45+,51?/m1/s1. The molecule has 5 aromatic rings. The van der Waals surface area contributed by atoms with Crippen molar-refractivity contribution in [3.63, 3.8) is 0 Å². The fourth-order valence-corrected chi connectivity index (χ4v) is 12.8. The number of nitrogens with one attached hydrogen (secondary N) is 3. The van der Waals surface area contributed by atoms with Gasteiger partial charge in [-0.1, -0.05) is 38.1 Å². The average Bonchev–Trinajstić information content (AvgIpc) is 3.71. The molecular formula is C52H61FN8O9S. The van der Waals surface area contributed by atoms with E-state index in [0.29, 0.717) is 56.4 Å². The van der Waals surface area contributed by atoms with Gasteiger partial charge in [-0.3, -0.25) is 24.6 Å². The molecule has 3 aromatic carbocycles. The van der Waals surface area contributed by atoms with Crippen molar-refractivity contribution < 1.29 is 41.9 Å². The fraction of sp³-hybridized carbons (Fsp3) is 0.481. The third-order valence-corrected chi connectivity index (χ3v) is 17.3. The van der Waals surface area contributed by atoms with Crippen molar-refractivity contribution in [1.82, 2.24) is 24.5 Å². The predicted molar refractivity (Wildman–Crippen MR) is 265 cm³/mol. The van der Waals surface area contributed by atoms with Crippen molar-refractivity contribution in [2.75, 3.05) is 49.5 Å². The Labute approximate surface area is 412 Å². The van der Waals surface area contributed by atoms with Crippen LogP contribution in [0.25, 0.3) is 11.0 Å². The monoisotopic (exact) mass is 992 g/mol. The lowest BCUT2D eigenvalue weighted by molar-refractivity contribution is -0.384. The second-order valence-corrected chi connectivity index (χ2v) is 22.6. The van der Waals surface area contributed by atoms with Gasteiger partial charge >= 0.3 is 0 Å². The highest BCUT2D eigenvalue weighted by Crippen LogP contribution is 2.53. The zero-order valence-electron chi connectivity index (χ0n) is 40.4. The molecular weight excluding hydrogens is 932 g/mol. The summed E-state index contributed by atoms with van der Waals surface area (Å²) in [5.74, 6) is -1.02. The maximum atomic E-state index is 14.7. The highest BCUT2D eigenvalue weighted by atomic mass is 32.2. The summed E-state index contributed by atoms with van der Waals surface area (Å²) in [5, 5.41) is 26.2. The molecule has 2 aromatic heterocycles. The van der Waals surface area contributed by atoms with E-state index < -0.39 is 42.9 Å². The Bertz CT molecular complexity index is 2990. The molecule has 0 bridgehead atoms.